The lowest BCUT2D eigenvalue weighted by atomic mass is 10.1. The molecule has 0 atom stereocenters. The van der Waals surface area contributed by atoms with Crippen LogP contribution in [0.3, 0.4) is 0 Å². The standard InChI is InChI=1S/C20H20F3NO3/c1-3-26-19(25)12-15-4-8-17(9-5-15)14(2)24-27-13-16-6-10-18(11-7-16)20(21,22)23/h4-11H,3,12-13H2,1-2H3/b24-14+. The summed E-state index contributed by atoms with van der Waals surface area (Å²) in [7, 11) is 0. The molecule has 0 aliphatic rings. The Morgan fingerprint density at radius 1 is 1.00 bits per heavy atom. The maximum atomic E-state index is 12.5. The van der Waals surface area contributed by atoms with Gasteiger partial charge in [0.05, 0.1) is 24.3 Å². The van der Waals surface area contributed by atoms with Crippen LogP contribution < -0.4 is 0 Å². The van der Waals surface area contributed by atoms with Crippen molar-refractivity contribution < 1.29 is 27.5 Å². The Labute approximate surface area is 155 Å². The maximum Gasteiger partial charge on any atom is 0.416 e. The van der Waals surface area contributed by atoms with Gasteiger partial charge < -0.3 is 9.57 Å². The fourth-order valence-electron chi connectivity index (χ4n) is 2.29. The third-order valence-corrected chi connectivity index (χ3v) is 3.74. The van der Waals surface area contributed by atoms with E-state index < -0.39 is 11.7 Å². The number of esters is 1. The van der Waals surface area contributed by atoms with E-state index in [2.05, 4.69) is 5.16 Å². The van der Waals surface area contributed by atoms with Gasteiger partial charge in [0.25, 0.3) is 0 Å². The van der Waals surface area contributed by atoms with Crippen LogP contribution in [0.4, 0.5) is 13.2 Å². The van der Waals surface area contributed by atoms with Crippen LogP contribution in [0.25, 0.3) is 0 Å². The number of halogens is 3. The monoisotopic (exact) mass is 379 g/mol. The smallest absolute Gasteiger partial charge is 0.416 e. The first-order valence-corrected chi connectivity index (χ1v) is 8.37. The van der Waals surface area contributed by atoms with E-state index >= 15 is 0 Å². The van der Waals surface area contributed by atoms with E-state index in [1.54, 1.807) is 26.0 Å². The third kappa shape index (κ3) is 6.44. The normalized spacial score (nSPS) is 12.0. The summed E-state index contributed by atoms with van der Waals surface area (Å²) in [6.45, 7) is 3.92. The molecule has 0 aliphatic carbocycles. The Kier molecular flexibility index (Phi) is 6.98. The van der Waals surface area contributed by atoms with Crippen molar-refractivity contribution in [3.05, 3.63) is 70.8 Å². The molecule has 0 saturated carbocycles. The molecule has 0 heterocycles. The van der Waals surface area contributed by atoms with E-state index in [4.69, 9.17) is 9.57 Å². The quantitative estimate of drug-likeness (QED) is 0.396. The average Bonchev–Trinajstić information content (AvgIpc) is 2.62. The molecule has 2 aromatic carbocycles. The SMILES string of the molecule is CCOC(=O)Cc1ccc(/C(C)=N/OCc2ccc(C(F)(F)F)cc2)cc1. The summed E-state index contributed by atoms with van der Waals surface area (Å²) in [4.78, 5) is 16.7. The van der Waals surface area contributed by atoms with E-state index in [1.165, 1.54) is 12.1 Å². The first-order chi connectivity index (χ1) is 12.8. The van der Waals surface area contributed by atoms with E-state index in [-0.39, 0.29) is 19.0 Å². The number of oxime groups is 1. The lowest BCUT2D eigenvalue weighted by Crippen LogP contribution is -2.07. The highest BCUT2D eigenvalue weighted by molar-refractivity contribution is 5.98. The Balaban J connectivity index is 1.90. The number of benzene rings is 2. The summed E-state index contributed by atoms with van der Waals surface area (Å²) >= 11 is 0. The van der Waals surface area contributed by atoms with Crippen LogP contribution in [0.15, 0.2) is 53.7 Å². The molecule has 2 rings (SSSR count). The number of carbonyl (C=O) groups is 1. The second-order valence-electron chi connectivity index (χ2n) is 5.82. The molecule has 0 amide bonds. The third-order valence-electron chi connectivity index (χ3n) is 3.74. The molecule has 27 heavy (non-hydrogen) atoms. The van der Waals surface area contributed by atoms with Crippen molar-refractivity contribution in [1.82, 2.24) is 0 Å². The zero-order chi connectivity index (χ0) is 19.9. The van der Waals surface area contributed by atoms with Gasteiger partial charge in [0.1, 0.15) is 6.61 Å². The topological polar surface area (TPSA) is 47.9 Å². The zero-order valence-corrected chi connectivity index (χ0v) is 15.0. The Hall–Kier alpha value is -2.83. The molecule has 0 fully saturated rings. The van der Waals surface area contributed by atoms with Gasteiger partial charge in [0, 0.05) is 0 Å². The average molecular weight is 379 g/mol. The Morgan fingerprint density at radius 3 is 2.15 bits per heavy atom. The van der Waals surface area contributed by atoms with Crippen LogP contribution in [-0.2, 0) is 33.6 Å². The molecule has 0 aromatic heterocycles. The molecule has 0 radical (unpaired) electrons. The van der Waals surface area contributed by atoms with Gasteiger partial charge >= 0.3 is 12.1 Å². The second kappa shape index (κ2) is 9.21. The van der Waals surface area contributed by atoms with Crippen molar-refractivity contribution in [1.29, 1.82) is 0 Å². The number of alkyl halides is 3. The summed E-state index contributed by atoms with van der Waals surface area (Å²) in [6.07, 6.45) is -4.15. The molecular weight excluding hydrogens is 359 g/mol. The van der Waals surface area contributed by atoms with Crippen molar-refractivity contribution in [3.8, 4) is 0 Å². The lowest BCUT2D eigenvalue weighted by molar-refractivity contribution is -0.142. The van der Waals surface area contributed by atoms with Gasteiger partial charge in [-0.15, -0.1) is 0 Å². The lowest BCUT2D eigenvalue weighted by Gasteiger charge is -2.07. The summed E-state index contributed by atoms with van der Waals surface area (Å²) in [5.74, 6) is -0.282. The van der Waals surface area contributed by atoms with E-state index in [1.807, 2.05) is 12.1 Å². The predicted molar refractivity (Wildman–Crippen MR) is 95.2 cm³/mol. The van der Waals surface area contributed by atoms with Crippen LogP contribution >= 0.6 is 0 Å². The Morgan fingerprint density at radius 2 is 1.59 bits per heavy atom. The van der Waals surface area contributed by atoms with Crippen LogP contribution in [0.5, 0.6) is 0 Å². The van der Waals surface area contributed by atoms with E-state index in [0.29, 0.717) is 17.9 Å². The molecule has 2 aromatic rings. The molecule has 0 N–H and O–H groups in total. The number of ether oxygens (including phenoxy) is 1. The molecule has 0 spiro atoms. The van der Waals surface area contributed by atoms with Crippen molar-refractivity contribution in [2.75, 3.05) is 6.61 Å². The van der Waals surface area contributed by atoms with Crippen LogP contribution in [0, 0.1) is 0 Å². The van der Waals surface area contributed by atoms with Crippen molar-refractivity contribution >= 4 is 11.7 Å². The number of hydrogen-bond donors (Lipinski definition) is 0. The van der Waals surface area contributed by atoms with E-state index in [0.717, 1.165) is 23.3 Å². The molecule has 4 nitrogen and oxygen atoms in total. The molecule has 7 heteroatoms. The number of hydrogen-bond acceptors (Lipinski definition) is 4. The highest BCUT2D eigenvalue weighted by atomic mass is 19.4. The highest BCUT2D eigenvalue weighted by Gasteiger charge is 2.29. The summed E-state index contributed by atoms with van der Waals surface area (Å²) in [6, 6.07) is 12.0. The molecule has 0 aliphatic heterocycles. The van der Waals surface area contributed by atoms with Crippen molar-refractivity contribution in [2.24, 2.45) is 5.16 Å². The van der Waals surface area contributed by atoms with Gasteiger partial charge in [-0.05, 0) is 42.7 Å². The number of rotatable bonds is 7. The minimum atomic E-state index is -4.35. The van der Waals surface area contributed by atoms with Gasteiger partial charge in [-0.1, -0.05) is 41.6 Å². The number of carbonyl (C=O) groups excluding carboxylic acids is 1. The zero-order valence-electron chi connectivity index (χ0n) is 15.0. The van der Waals surface area contributed by atoms with Gasteiger partial charge in [-0.25, -0.2) is 0 Å². The molecular formula is C20H20F3NO3. The van der Waals surface area contributed by atoms with Crippen LogP contribution in [-0.4, -0.2) is 18.3 Å². The summed E-state index contributed by atoms with van der Waals surface area (Å²) in [5, 5.41) is 3.98. The van der Waals surface area contributed by atoms with Gasteiger partial charge in [-0.2, -0.15) is 13.2 Å². The largest absolute Gasteiger partial charge is 0.466 e. The van der Waals surface area contributed by atoms with Crippen molar-refractivity contribution in [2.45, 2.75) is 33.1 Å². The summed E-state index contributed by atoms with van der Waals surface area (Å²) in [5.41, 5.74) is 2.15. The molecule has 0 saturated heterocycles. The second-order valence-corrected chi connectivity index (χ2v) is 5.82. The Bertz CT molecular complexity index is 782. The van der Waals surface area contributed by atoms with Gasteiger partial charge in [0.2, 0.25) is 0 Å². The van der Waals surface area contributed by atoms with E-state index in [9.17, 15) is 18.0 Å². The first kappa shape index (κ1) is 20.5. The maximum absolute atomic E-state index is 12.5. The predicted octanol–water partition coefficient (Wildman–Crippen LogP) is 4.75. The first-order valence-electron chi connectivity index (χ1n) is 8.37. The minimum Gasteiger partial charge on any atom is -0.466 e. The highest BCUT2D eigenvalue weighted by Crippen LogP contribution is 2.29. The molecule has 144 valence electrons. The fraction of sp³-hybridized carbons (Fsp3) is 0.300. The molecule has 0 bridgehead atoms. The van der Waals surface area contributed by atoms with Crippen LogP contribution in [0.1, 0.15) is 36.1 Å². The van der Waals surface area contributed by atoms with Gasteiger partial charge in [-0.3, -0.25) is 4.79 Å². The number of nitrogens with zero attached hydrogens (tertiary/aromatic N) is 1. The summed E-state index contributed by atoms with van der Waals surface area (Å²) < 4.78 is 42.5. The fourth-order valence-corrected chi connectivity index (χ4v) is 2.29. The minimum absolute atomic E-state index is 0.0659. The van der Waals surface area contributed by atoms with Crippen molar-refractivity contribution in [3.63, 3.8) is 0 Å². The van der Waals surface area contributed by atoms with Crippen LogP contribution in [0.2, 0.25) is 0 Å². The van der Waals surface area contributed by atoms with Gasteiger partial charge in [0.15, 0.2) is 0 Å². The molecule has 0 unspecified atom stereocenters.